The number of carboxylic acid groups (broad SMARTS) is 1. The molecule has 0 aromatic heterocycles. The van der Waals surface area contributed by atoms with E-state index >= 15 is 0 Å². The molecule has 2 rings (SSSR count). The van der Waals surface area contributed by atoms with Gasteiger partial charge in [-0.1, -0.05) is 0 Å². The van der Waals surface area contributed by atoms with Crippen molar-refractivity contribution in [1.82, 2.24) is 10.0 Å². The van der Waals surface area contributed by atoms with Crippen LogP contribution in [0.3, 0.4) is 0 Å². The largest absolute Gasteiger partial charge is 0.509 e. The van der Waals surface area contributed by atoms with Crippen molar-refractivity contribution in [3.8, 4) is 5.75 Å². The molecule has 1 aliphatic heterocycles. The van der Waals surface area contributed by atoms with Crippen LogP contribution in [0.1, 0.15) is 5.56 Å². The van der Waals surface area contributed by atoms with Crippen LogP contribution in [-0.4, -0.2) is 71.4 Å². The molecule has 0 spiro atoms. The van der Waals surface area contributed by atoms with E-state index in [4.69, 9.17) is 9.84 Å². The summed E-state index contributed by atoms with van der Waals surface area (Å²) in [6.07, 6.45) is 0. The molecule has 3 N–H and O–H groups in total. The highest BCUT2D eigenvalue weighted by atomic mass is 32.2. The minimum Gasteiger partial charge on any atom is -0.509 e. The van der Waals surface area contributed by atoms with Crippen molar-refractivity contribution in [3.63, 3.8) is 0 Å². The number of hydrogen-bond acceptors (Lipinski definition) is 7. The van der Waals surface area contributed by atoms with Crippen LogP contribution in [0.5, 0.6) is 5.75 Å². The molecule has 0 fully saturated rings. The van der Waals surface area contributed by atoms with Crippen LogP contribution < -0.4 is 10.1 Å². The maximum absolute atomic E-state index is 11.9. The molecule has 0 unspecified atom stereocenters. The van der Waals surface area contributed by atoms with Crippen molar-refractivity contribution < 1.29 is 24.5 Å². The van der Waals surface area contributed by atoms with Crippen molar-refractivity contribution in [2.75, 3.05) is 44.6 Å². The number of carbonyl (C=O) groups excluding carboxylic acids is 1. The lowest BCUT2D eigenvalue weighted by Crippen LogP contribution is -2.29. The number of amides is 1. The van der Waals surface area contributed by atoms with E-state index in [-0.39, 0.29) is 23.2 Å². The first-order chi connectivity index (χ1) is 11.8. The Kier molecular flexibility index (Phi) is 6.16. The van der Waals surface area contributed by atoms with Gasteiger partial charge in [-0.3, -0.25) is 9.59 Å². The van der Waals surface area contributed by atoms with Gasteiger partial charge in [-0.2, -0.15) is 0 Å². The van der Waals surface area contributed by atoms with Gasteiger partial charge in [0.25, 0.3) is 0 Å². The molecule has 1 aromatic carbocycles. The van der Waals surface area contributed by atoms with Gasteiger partial charge < -0.3 is 25.3 Å². The number of anilines is 1. The van der Waals surface area contributed by atoms with Crippen LogP contribution >= 0.6 is 11.8 Å². The number of rotatable bonds is 7. The van der Waals surface area contributed by atoms with Crippen molar-refractivity contribution in [3.05, 3.63) is 29.5 Å². The Labute approximate surface area is 150 Å². The van der Waals surface area contributed by atoms with Crippen molar-refractivity contribution in [2.45, 2.75) is 0 Å². The standard InChI is InChI=1S/C16H21N3O5S/c1-18-7-12(20)16(19(18)2)11-6-10(4-5-13(11)24-3)17-14(21)8-25-9-15(22)23/h4-6,20H,7-9H2,1-3H3,(H,17,21)(H,22,23). The lowest BCUT2D eigenvalue weighted by atomic mass is 10.1. The number of carbonyl (C=O) groups is 2. The topological polar surface area (TPSA) is 102 Å². The first kappa shape index (κ1) is 18.9. The number of carboxylic acids is 1. The molecule has 0 saturated heterocycles. The van der Waals surface area contributed by atoms with Gasteiger partial charge in [0.05, 0.1) is 25.2 Å². The SMILES string of the molecule is COc1ccc(NC(=O)CSCC(=O)O)cc1C1=C(O)CN(C)N1C. The normalized spacial score (nSPS) is 14.8. The van der Waals surface area contributed by atoms with Crippen molar-refractivity contribution in [2.24, 2.45) is 0 Å². The van der Waals surface area contributed by atoms with E-state index in [1.165, 1.54) is 7.11 Å². The highest BCUT2D eigenvalue weighted by Crippen LogP contribution is 2.35. The first-order valence-corrected chi connectivity index (χ1v) is 8.63. The van der Waals surface area contributed by atoms with Crippen LogP contribution in [0.15, 0.2) is 24.0 Å². The molecule has 1 amide bonds. The predicted octanol–water partition coefficient (Wildman–Crippen LogP) is 1.47. The minimum atomic E-state index is -0.958. The molecule has 25 heavy (non-hydrogen) atoms. The van der Waals surface area contributed by atoms with Gasteiger partial charge >= 0.3 is 5.97 Å². The number of nitrogens with zero attached hydrogens (tertiary/aromatic N) is 2. The van der Waals surface area contributed by atoms with E-state index in [1.807, 2.05) is 24.1 Å². The van der Waals surface area contributed by atoms with Crippen LogP contribution in [-0.2, 0) is 9.59 Å². The first-order valence-electron chi connectivity index (χ1n) is 7.48. The van der Waals surface area contributed by atoms with Crippen LogP contribution in [0, 0.1) is 0 Å². The molecular weight excluding hydrogens is 346 g/mol. The number of likely N-dealkylation sites (N-methyl/N-ethyl adjacent to an activating group) is 1. The summed E-state index contributed by atoms with van der Waals surface area (Å²) < 4.78 is 5.37. The predicted molar refractivity (Wildman–Crippen MR) is 96.5 cm³/mol. The van der Waals surface area contributed by atoms with Crippen molar-refractivity contribution in [1.29, 1.82) is 0 Å². The number of methoxy groups -OCH3 is 1. The molecule has 0 aliphatic carbocycles. The van der Waals surface area contributed by atoms with Gasteiger partial charge in [0.2, 0.25) is 5.91 Å². The second-order valence-electron chi connectivity index (χ2n) is 5.48. The number of ether oxygens (including phenoxy) is 1. The molecule has 9 heteroatoms. The number of hydrazine groups is 1. The third kappa shape index (κ3) is 4.58. The monoisotopic (exact) mass is 367 g/mol. The van der Waals surface area contributed by atoms with E-state index in [9.17, 15) is 14.7 Å². The number of nitrogens with one attached hydrogen (secondary N) is 1. The van der Waals surface area contributed by atoms with E-state index in [2.05, 4.69) is 5.32 Å². The molecule has 1 aliphatic rings. The maximum Gasteiger partial charge on any atom is 0.313 e. The van der Waals surface area contributed by atoms with Crippen LogP contribution in [0.2, 0.25) is 0 Å². The van der Waals surface area contributed by atoms with Gasteiger partial charge in [-0.15, -0.1) is 11.8 Å². The Bertz CT molecular complexity index is 707. The molecule has 0 atom stereocenters. The van der Waals surface area contributed by atoms with E-state index in [0.717, 1.165) is 11.8 Å². The summed E-state index contributed by atoms with van der Waals surface area (Å²) in [7, 11) is 5.21. The third-order valence-corrected chi connectivity index (χ3v) is 4.60. The van der Waals surface area contributed by atoms with Gasteiger partial charge in [0.1, 0.15) is 17.2 Å². The third-order valence-electron chi connectivity index (χ3n) is 3.68. The number of hydrogen-bond donors (Lipinski definition) is 3. The molecule has 1 aromatic rings. The maximum atomic E-state index is 11.9. The quantitative estimate of drug-likeness (QED) is 0.666. The molecule has 0 radical (unpaired) electrons. The van der Waals surface area contributed by atoms with E-state index < -0.39 is 5.97 Å². The fraction of sp³-hybridized carbons (Fsp3) is 0.375. The van der Waals surface area contributed by atoms with Crippen molar-refractivity contribution >= 4 is 35.0 Å². The Morgan fingerprint density at radius 1 is 1.32 bits per heavy atom. The molecule has 0 bridgehead atoms. The number of aliphatic hydroxyl groups excluding tert-OH is 1. The fourth-order valence-corrected chi connectivity index (χ4v) is 3.02. The Hall–Kier alpha value is -2.39. The smallest absolute Gasteiger partial charge is 0.313 e. The van der Waals surface area contributed by atoms with Gasteiger partial charge in [0.15, 0.2) is 0 Å². The average Bonchev–Trinajstić information content (AvgIpc) is 2.79. The summed E-state index contributed by atoms with van der Waals surface area (Å²) in [6, 6.07) is 5.12. The molecule has 1 heterocycles. The molecule has 8 nitrogen and oxygen atoms in total. The Morgan fingerprint density at radius 3 is 2.60 bits per heavy atom. The second-order valence-corrected chi connectivity index (χ2v) is 6.47. The molecule has 0 saturated carbocycles. The Balaban J connectivity index is 2.19. The summed E-state index contributed by atoms with van der Waals surface area (Å²) in [4.78, 5) is 22.4. The van der Waals surface area contributed by atoms with Crippen LogP contribution in [0.25, 0.3) is 5.70 Å². The number of aliphatic carboxylic acids is 1. The fourth-order valence-electron chi connectivity index (χ4n) is 2.48. The molecular formula is C16H21N3O5S. The minimum absolute atomic E-state index is 0.0459. The Morgan fingerprint density at radius 2 is 2.04 bits per heavy atom. The summed E-state index contributed by atoms with van der Waals surface area (Å²) in [6.45, 7) is 0.386. The summed E-state index contributed by atoms with van der Waals surface area (Å²) in [5, 5.41) is 25.2. The highest BCUT2D eigenvalue weighted by molar-refractivity contribution is 8.00. The highest BCUT2D eigenvalue weighted by Gasteiger charge is 2.27. The number of thioether (sulfide) groups is 1. The van der Waals surface area contributed by atoms with Crippen LogP contribution in [0.4, 0.5) is 5.69 Å². The van der Waals surface area contributed by atoms with E-state index in [1.54, 1.807) is 18.2 Å². The van der Waals surface area contributed by atoms with Gasteiger partial charge in [0, 0.05) is 25.3 Å². The zero-order chi connectivity index (χ0) is 18.6. The lowest BCUT2D eigenvalue weighted by molar-refractivity contribution is -0.133. The van der Waals surface area contributed by atoms with Gasteiger partial charge in [-0.25, -0.2) is 5.01 Å². The second kappa shape index (κ2) is 8.13. The number of benzene rings is 1. The summed E-state index contributed by atoms with van der Waals surface area (Å²) in [5.74, 6) is -0.549. The zero-order valence-corrected chi connectivity index (χ0v) is 15.1. The average molecular weight is 367 g/mol. The lowest BCUT2D eigenvalue weighted by Gasteiger charge is -2.25. The summed E-state index contributed by atoms with van der Waals surface area (Å²) in [5.41, 5.74) is 1.80. The van der Waals surface area contributed by atoms with E-state index in [0.29, 0.717) is 29.2 Å². The summed E-state index contributed by atoms with van der Waals surface area (Å²) >= 11 is 1.03. The molecule has 136 valence electrons. The number of aliphatic hydroxyl groups is 1. The zero-order valence-electron chi connectivity index (χ0n) is 14.3. The van der Waals surface area contributed by atoms with Gasteiger partial charge in [-0.05, 0) is 18.2 Å².